The zero-order valence-electron chi connectivity index (χ0n) is 12.9. The van der Waals surface area contributed by atoms with Gasteiger partial charge in [0, 0.05) is 24.7 Å². The minimum absolute atomic E-state index is 0.0118. The first-order valence-corrected chi connectivity index (χ1v) is 8.14. The molecule has 0 aliphatic carbocycles. The number of hydrogen-bond donors (Lipinski definition) is 1. The first kappa shape index (κ1) is 14.3. The lowest BCUT2D eigenvalue weighted by atomic mass is 9.99. The van der Waals surface area contributed by atoms with Crippen molar-refractivity contribution < 1.29 is 9.53 Å². The number of para-hydroxylation sites is 1. The van der Waals surface area contributed by atoms with Crippen LogP contribution in [0.3, 0.4) is 0 Å². The van der Waals surface area contributed by atoms with Crippen LogP contribution in [0.15, 0.2) is 54.6 Å². The normalized spacial score (nSPS) is 25.3. The summed E-state index contributed by atoms with van der Waals surface area (Å²) in [5.74, 6) is 2.05. The van der Waals surface area contributed by atoms with Crippen molar-refractivity contribution in [1.82, 2.24) is 10.2 Å². The number of ether oxygens (including phenoxy) is 1. The second kappa shape index (κ2) is 6.05. The number of benzene rings is 2. The Labute approximate surface area is 136 Å². The van der Waals surface area contributed by atoms with Crippen LogP contribution < -0.4 is 10.1 Å². The fraction of sp³-hybridized carbons (Fsp3) is 0.316. The summed E-state index contributed by atoms with van der Waals surface area (Å²) in [5.41, 5.74) is 0.649. The summed E-state index contributed by atoms with van der Waals surface area (Å²) in [6.07, 6.45) is 1.20. The molecule has 4 rings (SSSR count). The Morgan fingerprint density at radius 1 is 1.04 bits per heavy atom. The fourth-order valence-electron chi connectivity index (χ4n) is 3.52. The molecule has 4 nitrogen and oxygen atoms in total. The first-order valence-electron chi connectivity index (χ1n) is 8.14. The van der Waals surface area contributed by atoms with Crippen LogP contribution in [-0.4, -0.2) is 36.5 Å². The molecular formula is C19H20N2O2. The van der Waals surface area contributed by atoms with Crippen LogP contribution in [0.5, 0.6) is 11.5 Å². The van der Waals surface area contributed by atoms with Gasteiger partial charge in [-0.1, -0.05) is 24.3 Å². The maximum atomic E-state index is 12.5. The molecule has 1 N–H and O–H groups in total. The number of carbonyl (C=O) groups excluding carboxylic acids is 1. The maximum absolute atomic E-state index is 12.5. The molecule has 2 heterocycles. The Morgan fingerprint density at radius 2 is 1.87 bits per heavy atom. The number of fused-ring (bicyclic) bond motifs is 2. The molecule has 4 heteroatoms. The van der Waals surface area contributed by atoms with Crippen LogP contribution in [0.2, 0.25) is 0 Å². The largest absolute Gasteiger partial charge is 0.457 e. The molecule has 0 saturated carbocycles. The molecule has 2 aromatic carbocycles. The second-order valence-corrected chi connectivity index (χ2v) is 6.33. The highest BCUT2D eigenvalue weighted by Gasteiger charge is 2.38. The van der Waals surface area contributed by atoms with Gasteiger partial charge in [-0.15, -0.1) is 0 Å². The summed E-state index contributed by atoms with van der Waals surface area (Å²) in [7, 11) is 0. The van der Waals surface area contributed by atoms with E-state index in [9.17, 15) is 4.79 Å². The number of amides is 1. The second-order valence-electron chi connectivity index (χ2n) is 6.33. The zero-order valence-corrected chi connectivity index (χ0v) is 12.9. The highest BCUT2D eigenvalue weighted by molar-refractivity contribution is 5.94. The maximum Gasteiger partial charge on any atom is 0.251 e. The quantitative estimate of drug-likeness (QED) is 0.944. The SMILES string of the molecule is O=C(NC1CN2CCC1C2)c1cccc(Oc2ccccc2)c1. The monoisotopic (exact) mass is 308 g/mol. The van der Waals surface area contributed by atoms with Crippen molar-refractivity contribution in [2.24, 2.45) is 5.92 Å². The van der Waals surface area contributed by atoms with E-state index in [1.807, 2.05) is 48.5 Å². The molecule has 2 aliphatic rings. The molecule has 2 fully saturated rings. The fourth-order valence-corrected chi connectivity index (χ4v) is 3.52. The Hall–Kier alpha value is -2.33. The summed E-state index contributed by atoms with van der Waals surface area (Å²) in [4.78, 5) is 14.9. The van der Waals surface area contributed by atoms with Gasteiger partial charge in [0.25, 0.3) is 5.91 Å². The van der Waals surface area contributed by atoms with Gasteiger partial charge >= 0.3 is 0 Å². The van der Waals surface area contributed by atoms with Gasteiger partial charge in [0.15, 0.2) is 0 Å². The van der Waals surface area contributed by atoms with E-state index < -0.39 is 0 Å². The molecule has 2 aromatic rings. The lowest BCUT2D eigenvalue weighted by Gasteiger charge is -2.23. The number of rotatable bonds is 4. The van der Waals surface area contributed by atoms with Crippen molar-refractivity contribution in [3.63, 3.8) is 0 Å². The van der Waals surface area contributed by atoms with Gasteiger partial charge < -0.3 is 15.0 Å². The predicted molar refractivity (Wildman–Crippen MR) is 88.8 cm³/mol. The third-order valence-corrected chi connectivity index (χ3v) is 4.72. The van der Waals surface area contributed by atoms with E-state index in [1.165, 1.54) is 13.0 Å². The molecule has 1 amide bonds. The lowest BCUT2D eigenvalue weighted by Crippen LogP contribution is -2.43. The van der Waals surface area contributed by atoms with E-state index in [0.29, 0.717) is 17.2 Å². The van der Waals surface area contributed by atoms with E-state index >= 15 is 0 Å². The van der Waals surface area contributed by atoms with Gasteiger partial charge in [-0.05, 0) is 49.2 Å². The van der Waals surface area contributed by atoms with Crippen molar-refractivity contribution in [3.8, 4) is 11.5 Å². The van der Waals surface area contributed by atoms with E-state index in [1.54, 1.807) is 6.07 Å². The summed E-state index contributed by atoms with van der Waals surface area (Å²) in [5, 5.41) is 3.18. The van der Waals surface area contributed by atoms with Crippen LogP contribution in [0.4, 0.5) is 0 Å². The molecule has 2 bridgehead atoms. The molecule has 118 valence electrons. The van der Waals surface area contributed by atoms with E-state index in [-0.39, 0.29) is 11.9 Å². The van der Waals surface area contributed by atoms with Crippen LogP contribution in [0.1, 0.15) is 16.8 Å². The molecule has 3 unspecified atom stereocenters. The average molecular weight is 308 g/mol. The molecule has 0 aromatic heterocycles. The minimum atomic E-state index is -0.0118. The van der Waals surface area contributed by atoms with Gasteiger partial charge in [0.2, 0.25) is 0 Å². The van der Waals surface area contributed by atoms with Crippen LogP contribution in [0.25, 0.3) is 0 Å². The lowest BCUT2D eigenvalue weighted by molar-refractivity contribution is 0.0924. The summed E-state index contributed by atoms with van der Waals surface area (Å²) < 4.78 is 5.80. The highest BCUT2D eigenvalue weighted by Crippen LogP contribution is 2.28. The number of piperidine rings is 1. The number of hydrogen-bond acceptors (Lipinski definition) is 3. The van der Waals surface area contributed by atoms with E-state index in [4.69, 9.17) is 4.74 Å². The van der Waals surface area contributed by atoms with Crippen molar-refractivity contribution in [3.05, 3.63) is 60.2 Å². The number of carbonyl (C=O) groups is 1. The predicted octanol–water partition coefficient (Wildman–Crippen LogP) is 2.91. The smallest absolute Gasteiger partial charge is 0.251 e. The summed E-state index contributed by atoms with van der Waals surface area (Å²) in [6, 6.07) is 17.2. The minimum Gasteiger partial charge on any atom is -0.457 e. The summed E-state index contributed by atoms with van der Waals surface area (Å²) >= 11 is 0. The Balaban J connectivity index is 1.44. The molecule has 2 saturated heterocycles. The standard InChI is InChI=1S/C19H20N2O2/c22-19(20-18-13-21-10-9-15(18)12-21)14-5-4-8-17(11-14)23-16-6-2-1-3-7-16/h1-8,11,15,18H,9-10,12-13H2,(H,20,22). The van der Waals surface area contributed by atoms with Crippen molar-refractivity contribution in [2.45, 2.75) is 12.5 Å². The highest BCUT2D eigenvalue weighted by atomic mass is 16.5. The molecule has 23 heavy (non-hydrogen) atoms. The van der Waals surface area contributed by atoms with E-state index in [2.05, 4.69) is 10.2 Å². The number of nitrogens with zero attached hydrogens (tertiary/aromatic N) is 1. The van der Waals surface area contributed by atoms with Gasteiger partial charge in [-0.3, -0.25) is 4.79 Å². The van der Waals surface area contributed by atoms with Gasteiger partial charge in [-0.25, -0.2) is 0 Å². The van der Waals surface area contributed by atoms with Crippen molar-refractivity contribution >= 4 is 5.91 Å². The first-order chi connectivity index (χ1) is 11.3. The Bertz CT molecular complexity index is 702. The van der Waals surface area contributed by atoms with Crippen molar-refractivity contribution in [1.29, 1.82) is 0 Å². The van der Waals surface area contributed by atoms with Crippen LogP contribution in [-0.2, 0) is 0 Å². The molecule has 3 atom stereocenters. The topological polar surface area (TPSA) is 41.6 Å². The average Bonchev–Trinajstić information content (AvgIpc) is 3.19. The van der Waals surface area contributed by atoms with Gasteiger partial charge in [0.05, 0.1) is 0 Å². The molecule has 0 spiro atoms. The summed E-state index contributed by atoms with van der Waals surface area (Å²) in [6.45, 7) is 3.29. The number of nitrogens with one attached hydrogen (secondary N) is 1. The Morgan fingerprint density at radius 3 is 2.61 bits per heavy atom. The van der Waals surface area contributed by atoms with E-state index in [0.717, 1.165) is 18.8 Å². The van der Waals surface area contributed by atoms with Crippen LogP contribution >= 0.6 is 0 Å². The van der Waals surface area contributed by atoms with Crippen LogP contribution in [0, 0.1) is 5.92 Å². The zero-order chi connectivity index (χ0) is 15.6. The van der Waals surface area contributed by atoms with Gasteiger partial charge in [-0.2, -0.15) is 0 Å². The van der Waals surface area contributed by atoms with Gasteiger partial charge in [0.1, 0.15) is 11.5 Å². The van der Waals surface area contributed by atoms with Crippen molar-refractivity contribution in [2.75, 3.05) is 19.6 Å². The Kier molecular flexibility index (Phi) is 3.75. The molecule has 2 aliphatic heterocycles. The molecule has 0 radical (unpaired) electrons. The molecular weight excluding hydrogens is 288 g/mol. The third kappa shape index (κ3) is 3.08. The third-order valence-electron chi connectivity index (χ3n) is 4.72.